The second-order valence-electron chi connectivity index (χ2n) is 11.6. The van der Waals surface area contributed by atoms with Crippen molar-refractivity contribution in [1.82, 2.24) is 0 Å². The number of rotatable bonds is 10. The minimum Gasteiger partial charge on any atom is -0.459 e. The van der Waals surface area contributed by atoms with Crippen LogP contribution in [-0.2, 0) is 9.53 Å². The van der Waals surface area contributed by atoms with Crippen LogP contribution >= 0.6 is 0 Å². The predicted molar refractivity (Wildman–Crippen MR) is 117 cm³/mol. The molecule has 1 aliphatic rings. The van der Waals surface area contributed by atoms with Crippen LogP contribution < -0.4 is 0 Å². The van der Waals surface area contributed by atoms with Gasteiger partial charge in [0.05, 0.1) is 5.41 Å². The fourth-order valence-electron chi connectivity index (χ4n) is 4.60. The third kappa shape index (κ3) is 7.42. The lowest BCUT2D eigenvalue weighted by Crippen LogP contribution is -2.43. The fourth-order valence-corrected chi connectivity index (χ4v) is 4.60. The molecular formula is C25H48O2. The van der Waals surface area contributed by atoms with E-state index >= 15 is 0 Å². The Balaban J connectivity index is 2.75. The van der Waals surface area contributed by atoms with Gasteiger partial charge in [0.1, 0.15) is 5.60 Å². The van der Waals surface area contributed by atoms with Crippen LogP contribution in [0.5, 0.6) is 0 Å². The maximum atomic E-state index is 13.4. The molecule has 1 fully saturated rings. The molecule has 0 saturated heterocycles. The summed E-state index contributed by atoms with van der Waals surface area (Å²) < 4.78 is 6.39. The molecule has 0 bridgehead atoms. The van der Waals surface area contributed by atoms with E-state index in [1.165, 1.54) is 32.1 Å². The summed E-state index contributed by atoms with van der Waals surface area (Å²) in [7, 11) is 0. The van der Waals surface area contributed by atoms with Crippen LogP contribution in [0.25, 0.3) is 0 Å². The fraction of sp³-hybridized carbons (Fsp3) is 0.960. The first-order valence-corrected chi connectivity index (χ1v) is 11.5. The number of carbonyl (C=O) groups excluding carboxylic acids is 1. The Morgan fingerprint density at radius 3 is 1.96 bits per heavy atom. The lowest BCUT2D eigenvalue weighted by Gasteiger charge is -2.40. The lowest BCUT2D eigenvalue weighted by molar-refractivity contribution is -0.177. The topological polar surface area (TPSA) is 26.3 Å². The van der Waals surface area contributed by atoms with Crippen LogP contribution in [0, 0.1) is 28.6 Å². The van der Waals surface area contributed by atoms with Crippen molar-refractivity contribution in [2.24, 2.45) is 28.6 Å². The monoisotopic (exact) mass is 380 g/mol. The quantitative estimate of drug-likeness (QED) is 0.285. The number of hydrogen-bond donors (Lipinski definition) is 0. The molecule has 27 heavy (non-hydrogen) atoms. The Kier molecular flexibility index (Phi) is 8.89. The number of carbonyl (C=O) groups is 1. The average molecular weight is 381 g/mol. The Labute approximate surface area is 170 Å². The van der Waals surface area contributed by atoms with Crippen LogP contribution in [0.15, 0.2) is 0 Å². The molecule has 0 heterocycles. The van der Waals surface area contributed by atoms with Crippen LogP contribution in [0.3, 0.4) is 0 Å². The second kappa shape index (κ2) is 9.79. The van der Waals surface area contributed by atoms with E-state index in [1.54, 1.807) is 0 Å². The molecule has 1 rings (SSSR count). The van der Waals surface area contributed by atoms with Crippen molar-refractivity contribution in [3.8, 4) is 0 Å². The van der Waals surface area contributed by atoms with E-state index in [1.807, 2.05) is 0 Å². The molecule has 0 aromatic rings. The number of unbranched alkanes of at least 4 members (excludes halogenated alkanes) is 1. The van der Waals surface area contributed by atoms with Gasteiger partial charge in [-0.25, -0.2) is 0 Å². The van der Waals surface area contributed by atoms with E-state index in [-0.39, 0.29) is 22.9 Å². The Hall–Kier alpha value is -0.530. The Bertz CT molecular complexity index is 451. The SMILES string of the molecule is CC(C)C(C)CCCCC1(OC(=O)C(C)(CC(C)(C)C)C(C)C)CCCC1. The van der Waals surface area contributed by atoms with Crippen molar-refractivity contribution in [2.75, 3.05) is 0 Å². The molecule has 0 aromatic heterocycles. The predicted octanol–water partition coefficient (Wildman–Crippen LogP) is 7.79. The van der Waals surface area contributed by atoms with Crippen LogP contribution in [0.4, 0.5) is 0 Å². The molecule has 0 radical (unpaired) electrons. The van der Waals surface area contributed by atoms with Crippen molar-refractivity contribution >= 4 is 5.97 Å². The van der Waals surface area contributed by atoms with Gasteiger partial charge in [-0.3, -0.25) is 4.79 Å². The highest BCUT2D eigenvalue weighted by Crippen LogP contribution is 2.44. The summed E-state index contributed by atoms with van der Waals surface area (Å²) in [5, 5.41) is 0. The van der Waals surface area contributed by atoms with Crippen molar-refractivity contribution in [2.45, 2.75) is 126 Å². The van der Waals surface area contributed by atoms with Crippen molar-refractivity contribution in [3.05, 3.63) is 0 Å². The van der Waals surface area contributed by atoms with Gasteiger partial charge in [0.15, 0.2) is 0 Å². The maximum Gasteiger partial charge on any atom is 0.312 e. The van der Waals surface area contributed by atoms with E-state index in [0.717, 1.165) is 37.5 Å². The first-order valence-electron chi connectivity index (χ1n) is 11.5. The Morgan fingerprint density at radius 2 is 1.52 bits per heavy atom. The average Bonchev–Trinajstić information content (AvgIpc) is 2.97. The summed E-state index contributed by atoms with van der Waals surface area (Å²) >= 11 is 0. The normalized spacial score (nSPS) is 20.7. The number of hydrogen-bond acceptors (Lipinski definition) is 2. The molecule has 2 atom stereocenters. The largest absolute Gasteiger partial charge is 0.459 e. The van der Waals surface area contributed by atoms with Gasteiger partial charge < -0.3 is 4.74 Å². The van der Waals surface area contributed by atoms with Gasteiger partial charge in [-0.2, -0.15) is 0 Å². The molecule has 2 nitrogen and oxygen atoms in total. The lowest BCUT2D eigenvalue weighted by atomic mass is 9.68. The van der Waals surface area contributed by atoms with E-state index in [0.29, 0.717) is 0 Å². The third-order valence-electron chi connectivity index (χ3n) is 7.14. The van der Waals surface area contributed by atoms with Gasteiger partial charge in [-0.05, 0) is 75.0 Å². The summed E-state index contributed by atoms with van der Waals surface area (Å²) in [6.07, 6.45) is 10.2. The van der Waals surface area contributed by atoms with E-state index in [4.69, 9.17) is 4.74 Å². The van der Waals surface area contributed by atoms with Gasteiger partial charge >= 0.3 is 5.97 Å². The zero-order valence-electron chi connectivity index (χ0n) is 19.9. The van der Waals surface area contributed by atoms with Gasteiger partial charge in [-0.1, -0.05) is 68.2 Å². The van der Waals surface area contributed by atoms with E-state index in [9.17, 15) is 4.79 Å². The molecule has 160 valence electrons. The van der Waals surface area contributed by atoms with Crippen molar-refractivity contribution in [1.29, 1.82) is 0 Å². The minimum absolute atomic E-state index is 0.0462. The van der Waals surface area contributed by atoms with Gasteiger partial charge in [0.25, 0.3) is 0 Å². The Morgan fingerprint density at radius 1 is 0.963 bits per heavy atom. The van der Waals surface area contributed by atoms with Gasteiger partial charge in [0, 0.05) is 0 Å². The number of esters is 1. The molecule has 0 spiro atoms. The molecule has 1 aliphatic carbocycles. The molecule has 1 saturated carbocycles. The van der Waals surface area contributed by atoms with Crippen LogP contribution in [0.1, 0.15) is 120 Å². The first-order chi connectivity index (χ1) is 12.3. The molecule has 0 N–H and O–H groups in total. The zero-order valence-corrected chi connectivity index (χ0v) is 19.9. The molecule has 2 unspecified atom stereocenters. The third-order valence-corrected chi connectivity index (χ3v) is 7.14. The highest BCUT2D eigenvalue weighted by Gasteiger charge is 2.46. The standard InChI is InChI=1S/C25H48O2/c1-19(2)21(5)14-10-11-15-25(16-12-13-17-25)27-22(26)24(9,20(3)4)18-23(6,7)8/h19-21H,10-18H2,1-9H3. The summed E-state index contributed by atoms with van der Waals surface area (Å²) in [5.41, 5.74) is -0.472. The second-order valence-corrected chi connectivity index (χ2v) is 11.6. The maximum absolute atomic E-state index is 13.4. The van der Waals surface area contributed by atoms with Gasteiger partial charge in [0.2, 0.25) is 0 Å². The summed E-state index contributed by atoms with van der Waals surface area (Å²) in [5.74, 6) is 1.87. The summed E-state index contributed by atoms with van der Waals surface area (Å²) in [6.45, 7) is 20.1. The molecular weight excluding hydrogens is 332 g/mol. The van der Waals surface area contributed by atoms with E-state index < -0.39 is 5.41 Å². The highest BCUT2D eigenvalue weighted by atomic mass is 16.6. The highest BCUT2D eigenvalue weighted by molar-refractivity contribution is 5.77. The van der Waals surface area contributed by atoms with Crippen LogP contribution in [-0.4, -0.2) is 11.6 Å². The van der Waals surface area contributed by atoms with Crippen LogP contribution in [0.2, 0.25) is 0 Å². The summed E-state index contributed by atoms with van der Waals surface area (Å²) in [6, 6.07) is 0. The first kappa shape index (κ1) is 24.5. The summed E-state index contributed by atoms with van der Waals surface area (Å²) in [4.78, 5) is 13.4. The molecule has 0 amide bonds. The number of ether oxygens (including phenoxy) is 1. The van der Waals surface area contributed by atoms with Crippen molar-refractivity contribution in [3.63, 3.8) is 0 Å². The smallest absolute Gasteiger partial charge is 0.312 e. The van der Waals surface area contributed by atoms with E-state index in [2.05, 4.69) is 62.3 Å². The van der Waals surface area contributed by atoms with Crippen molar-refractivity contribution < 1.29 is 9.53 Å². The minimum atomic E-state index is -0.403. The molecule has 2 heteroatoms. The zero-order chi connectivity index (χ0) is 20.9. The van der Waals surface area contributed by atoms with Gasteiger partial charge in [-0.15, -0.1) is 0 Å². The molecule has 0 aliphatic heterocycles. The molecule has 0 aromatic carbocycles.